The summed E-state index contributed by atoms with van der Waals surface area (Å²) in [6, 6.07) is 0. The Hall–Kier alpha value is -0.110. The van der Waals surface area contributed by atoms with Crippen molar-refractivity contribution in [2.24, 2.45) is 0 Å². The summed E-state index contributed by atoms with van der Waals surface area (Å²) in [6.07, 6.45) is 3.82. The van der Waals surface area contributed by atoms with Crippen LogP contribution in [0.3, 0.4) is 0 Å². The standard InChI is InChI=1S/C7H15O3P/c1-3-7(4-2)5-6-10-11(8)9/h5,11H,3-4,6H2,1-2H3,(H,8,9). The number of hydrogen-bond acceptors (Lipinski definition) is 2. The highest BCUT2D eigenvalue weighted by Gasteiger charge is 1.91. The van der Waals surface area contributed by atoms with Crippen molar-refractivity contribution in [1.29, 1.82) is 0 Å². The van der Waals surface area contributed by atoms with Crippen LogP contribution in [0.15, 0.2) is 11.6 Å². The van der Waals surface area contributed by atoms with Crippen LogP contribution < -0.4 is 0 Å². The van der Waals surface area contributed by atoms with Gasteiger partial charge in [0.1, 0.15) is 0 Å². The molecule has 11 heavy (non-hydrogen) atoms. The zero-order chi connectivity index (χ0) is 8.69. The highest BCUT2D eigenvalue weighted by Crippen LogP contribution is 2.14. The lowest BCUT2D eigenvalue weighted by Gasteiger charge is -1.99. The van der Waals surface area contributed by atoms with Gasteiger partial charge >= 0.3 is 8.25 Å². The van der Waals surface area contributed by atoms with Gasteiger partial charge in [-0.3, -0.25) is 4.57 Å². The molecule has 0 amide bonds. The van der Waals surface area contributed by atoms with Crippen molar-refractivity contribution in [3.63, 3.8) is 0 Å². The van der Waals surface area contributed by atoms with E-state index in [0.717, 1.165) is 12.8 Å². The fraction of sp³-hybridized carbons (Fsp3) is 0.714. The average molecular weight is 178 g/mol. The molecule has 0 aliphatic rings. The number of allylic oxidation sites excluding steroid dienone is 1. The first-order valence-electron chi connectivity index (χ1n) is 3.74. The molecule has 1 N–H and O–H groups in total. The van der Waals surface area contributed by atoms with Crippen molar-refractivity contribution in [3.8, 4) is 0 Å². The summed E-state index contributed by atoms with van der Waals surface area (Å²) in [6.45, 7) is 4.36. The molecule has 0 saturated carbocycles. The van der Waals surface area contributed by atoms with Crippen LogP contribution in [0.4, 0.5) is 0 Å². The summed E-state index contributed by atoms with van der Waals surface area (Å²) in [4.78, 5) is 8.31. The molecule has 0 aromatic heterocycles. The fourth-order valence-electron chi connectivity index (χ4n) is 0.769. The Morgan fingerprint density at radius 1 is 1.55 bits per heavy atom. The highest BCUT2D eigenvalue weighted by molar-refractivity contribution is 7.32. The van der Waals surface area contributed by atoms with Crippen molar-refractivity contribution in [1.82, 2.24) is 0 Å². The van der Waals surface area contributed by atoms with Crippen molar-refractivity contribution < 1.29 is 14.0 Å². The van der Waals surface area contributed by atoms with Crippen molar-refractivity contribution in [2.45, 2.75) is 26.7 Å². The lowest BCUT2D eigenvalue weighted by Crippen LogP contribution is -1.84. The van der Waals surface area contributed by atoms with Gasteiger partial charge in [-0.1, -0.05) is 25.5 Å². The van der Waals surface area contributed by atoms with Crippen molar-refractivity contribution >= 4 is 8.25 Å². The predicted molar refractivity (Wildman–Crippen MR) is 45.8 cm³/mol. The predicted octanol–water partition coefficient (Wildman–Crippen LogP) is 2.13. The van der Waals surface area contributed by atoms with Gasteiger partial charge in [-0.2, -0.15) is 0 Å². The summed E-state index contributed by atoms with van der Waals surface area (Å²) in [5.41, 5.74) is 1.26. The minimum absolute atomic E-state index is 0.255. The van der Waals surface area contributed by atoms with Gasteiger partial charge in [-0.25, -0.2) is 0 Å². The second kappa shape index (κ2) is 6.59. The zero-order valence-electron chi connectivity index (χ0n) is 6.96. The van der Waals surface area contributed by atoms with Crippen LogP contribution in [-0.4, -0.2) is 11.5 Å². The van der Waals surface area contributed by atoms with E-state index < -0.39 is 8.25 Å². The SMILES string of the molecule is CCC(=CCO[PH](=O)O)CC. The van der Waals surface area contributed by atoms with E-state index in [9.17, 15) is 4.57 Å². The Bertz CT molecular complexity index is 148. The van der Waals surface area contributed by atoms with Crippen LogP contribution >= 0.6 is 8.25 Å². The van der Waals surface area contributed by atoms with Crippen molar-refractivity contribution in [3.05, 3.63) is 11.6 Å². The molecule has 0 aliphatic heterocycles. The molecule has 0 fully saturated rings. The van der Waals surface area contributed by atoms with Gasteiger partial charge in [0.05, 0.1) is 6.61 Å². The molecule has 0 spiro atoms. The molecule has 0 aromatic carbocycles. The summed E-state index contributed by atoms with van der Waals surface area (Å²) in [7, 11) is -2.74. The third-order valence-electron chi connectivity index (χ3n) is 1.49. The number of rotatable bonds is 5. The van der Waals surface area contributed by atoms with Crippen LogP contribution in [-0.2, 0) is 9.09 Å². The van der Waals surface area contributed by atoms with Gasteiger partial charge in [0.15, 0.2) is 0 Å². The first-order chi connectivity index (χ1) is 5.20. The molecule has 4 heteroatoms. The third-order valence-corrected chi connectivity index (χ3v) is 1.90. The van der Waals surface area contributed by atoms with Crippen molar-refractivity contribution in [2.75, 3.05) is 6.61 Å². The highest BCUT2D eigenvalue weighted by atomic mass is 31.1. The Labute approximate surface area is 68.0 Å². The lowest BCUT2D eigenvalue weighted by atomic mass is 10.1. The summed E-state index contributed by atoms with van der Waals surface area (Å²) in [5, 5.41) is 0. The van der Waals surface area contributed by atoms with Crippen LogP contribution in [0.5, 0.6) is 0 Å². The van der Waals surface area contributed by atoms with E-state index in [0.29, 0.717) is 0 Å². The van der Waals surface area contributed by atoms with Crippen LogP contribution in [0.1, 0.15) is 26.7 Å². The molecule has 3 nitrogen and oxygen atoms in total. The monoisotopic (exact) mass is 178 g/mol. The molecule has 0 saturated heterocycles. The molecular weight excluding hydrogens is 163 g/mol. The molecular formula is C7H15O3P. The maximum Gasteiger partial charge on any atom is 0.316 e. The van der Waals surface area contributed by atoms with E-state index in [-0.39, 0.29) is 6.61 Å². The molecule has 0 aromatic rings. The van der Waals surface area contributed by atoms with Gasteiger partial charge in [0.25, 0.3) is 0 Å². The summed E-state index contributed by atoms with van der Waals surface area (Å²) in [5.74, 6) is 0. The van der Waals surface area contributed by atoms with E-state index in [4.69, 9.17) is 4.89 Å². The molecule has 0 radical (unpaired) electrons. The Morgan fingerprint density at radius 2 is 2.09 bits per heavy atom. The maximum atomic E-state index is 10.1. The molecule has 0 heterocycles. The smallest absolute Gasteiger partial charge is 0.316 e. The van der Waals surface area contributed by atoms with Gasteiger partial charge < -0.3 is 9.42 Å². The summed E-state index contributed by atoms with van der Waals surface area (Å²) < 4.78 is 14.6. The van der Waals surface area contributed by atoms with E-state index >= 15 is 0 Å². The van der Waals surface area contributed by atoms with Crippen LogP contribution in [0.2, 0.25) is 0 Å². The van der Waals surface area contributed by atoms with Crippen LogP contribution in [0.25, 0.3) is 0 Å². The third kappa shape index (κ3) is 6.29. The molecule has 0 rings (SSSR count). The van der Waals surface area contributed by atoms with E-state index in [1.807, 2.05) is 6.08 Å². The Balaban J connectivity index is 3.61. The second-order valence-electron chi connectivity index (χ2n) is 2.15. The first kappa shape index (κ1) is 10.9. The van der Waals surface area contributed by atoms with E-state index in [1.54, 1.807) is 0 Å². The average Bonchev–Trinajstić information content (AvgIpc) is 1.98. The normalized spacial score (nSPS) is 12.6. The van der Waals surface area contributed by atoms with Crippen LogP contribution in [0, 0.1) is 0 Å². The molecule has 1 unspecified atom stereocenters. The zero-order valence-corrected chi connectivity index (χ0v) is 7.96. The quantitative estimate of drug-likeness (QED) is 0.518. The molecule has 1 atom stereocenters. The largest absolute Gasteiger partial charge is 0.326 e. The topological polar surface area (TPSA) is 46.5 Å². The Morgan fingerprint density at radius 3 is 2.45 bits per heavy atom. The summed E-state index contributed by atoms with van der Waals surface area (Å²) >= 11 is 0. The van der Waals surface area contributed by atoms with Gasteiger partial charge in [-0.15, -0.1) is 0 Å². The van der Waals surface area contributed by atoms with Gasteiger partial charge in [0, 0.05) is 0 Å². The lowest BCUT2D eigenvalue weighted by molar-refractivity contribution is 0.311. The number of hydrogen-bond donors (Lipinski definition) is 1. The Kier molecular flexibility index (Phi) is 6.52. The van der Waals surface area contributed by atoms with E-state index in [2.05, 4.69) is 18.4 Å². The minimum Gasteiger partial charge on any atom is -0.326 e. The molecule has 0 aliphatic carbocycles. The minimum atomic E-state index is -2.74. The maximum absolute atomic E-state index is 10.1. The fourth-order valence-corrected chi connectivity index (χ4v) is 0.995. The second-order valence-corrected chi connectivity index (χ2v) is 2.97. The van der Waals surface area contributed by atoms with Gasteiger partial charge in [-0.05, 0) is 12.8 Å². The van der Waals surface area contributed by atoms with Gasteiger partial charge in [0.2, 0.25) is 0 Å². The van der Waals surface area contributed by atoms with E-state index in [1.165, 1.54) is 5.57 Å². The molecule has 66 valence electrons. The first-order valence-corrected chi connectivity index (χ1v) is 5.00. The molecule has 0 bridgehead atoms.